The highest BCUT2D eigenvalue weighted by molar-refractivity contribution is 7.26. The summed E-state index contributed by atoms with van der Waals surface area (Å²) >= 11 is 1.71. The largest absolute Gasteiger partial charge is 0.308 e. The first-order valence-corrected chi connectivity index (χ1v) is 10.7. The maximum Gasteiger partial charge on any atom is 0.188 e. The number of thiophene rings is 1. The Kier molecular flexibility index (Phi) is 3.80. The summed E-state index contributed by atoms with van der Waals surface area (Å²) in [6.45, 7) is 14.8. The lowest BCUT2D eigenvalue weighted by Gasteiger charge is -2.09. The van der Waals surface area contributed by atoms with Crippen LogP contribution in [0.2, 0.25) is 0 Å². The molecule has 0 aliphatic carbocycles. The molecule has 0 radical (unpaired) electrons. The summed E-state index contributed by atoms with van der Waals surface area (Å²) in [5.41, 5.74) is 4.84. The van der Waals surface area contributed by atoms with Gasteiger partial charge in [0, 0.05) is 15.5 Å². The predicted octanol–water partition coefficient (Wildman–Crippen LogP) is 8.12. The van der Waals surface area contributed by atoms with Gasteiger partial charge in [0.25, 0.3) is 0 Å². The third-order valence-electron chi connectivity index (χ3n) is 5.84. The maximum absolute atomic E-state index is 9.43. The van der Waals surface area contributed by atoms with Gasteiger partial charge < -0.3 is 4.57 Å². The van der Waals surface area contributed by atoms with E-state index in [4.69, 9.17) is 13.1 Å². The average Bonchev–Trinajstić information content (AvgIpc) is 3.38. The van der Waals surface area contributed by atoms with Crippen molar-refractivity contribution in [1.82, 2.24) is 4.57 Å². The first-order valence-electron chi connectivity index (χ1n) is 9.91. The van der Waals surface area contributed by atoms with Crippen LogP contribution in [0, 0.1) is 24.5 Å². The highest BCUT2D eigenvalue weighted by Crippen LogP contribution is 2.42. The second kappa shape index (κ2) is 6.69. The number of rotatable bonds is 1. The Morgan fingerprint density at radius 3 is 2.19 bits per heavy atom. The fourth-order valence-corrected chi connectivity index (χ4v) is 5.61. The molecule has 0 saturated heterocycles. The lowest BCUT2D eigenvalue weighted by molar-refractivity contribution is 1.20. The van der Waals surface area contributed by atoms with Crippen molar-refractivity contribution < 1.29 is 0 Å². The fraction of sp³-hybridized carbons (Fsp3) is 0. The minimum absolute atomic E-state index is 0.575. The van der Waals surface area contributed by atoms with E-state index in [1.165, 1.54) is 0 Å². The van der Waals surface area contributed by atoms with Crippen molar-refractivity contribution in [2.45, 2.75) is 0 Å². The van der Waals surface area contributed by atoms with Crippen LogP contribution in [0.4, 0.5) is 11.4 Å². The van der Waals surface area contributed by atoms with Crippen molar-refractivity contribution in [1.29, 1.82) is 5.26 Å². The van der Waals surface area contributed by atoms with E-state index in [0.717, 1.165) is 47.7 Å². The molecule has 2 aromatic heterocycles. The van der Waals surface area contributed by atoms with Crippen LogP contribution in [0.15, 0.2) is 72.8 Å². The van der Waals surface area contributed by atoms with Gasteiger partial charge in [-0.15, -0.1) is 11.3 Å². The molecule has 0 spiro atoms. The fourth-order valence-electron chi connectivity index (χ4n) is 4.43. The predicted molar refractivity (Wildman–Crippen MR) is 131 cm³/mol. The van der Waals surface area contributed by atoms with E-state index in [9.17, 15) is 5.26 Å². The molecule has 6 aromatic rings. The monoisotopic (exact) mass is 424 g/mol. The van der Waals surface area contributed by atoms with Gasteiger partial charge in [-0.25, -0.2) is 9.69 Å². The second-order valence-electron chi connectivity index (χ2n) is 7.54. The van der Waals surface area contributed by atoms with E-state index in [2.05, 4.69) is 32.5 Å². The number of benzene rings is 4. The molecule has 0 N–H and O–H groups in total. The van der Waals surface area contributed by atoms with Crippen LogP contribution in [0.25, 0.3) is 57.4 Å². The lowest BCUT2D eigenvalue weighted by atomic mass is 10.1. The summed E-state index contributed by atoms with van der Waals surface area (Å²) in [5.74, 6) is 0. The molecule has 146 valence electrons. The third kappa shape index (κ3) is 2.45. The van der Waals surface area contributed by atoms with Crippen molar-refractivity contribution in [3.63, 3.8) is 0 Å². The molecule has 0 bridgehead atoms. The molecule has 0 amide bonds. The minimum Gasteiger partial charge on any atom is -0.308 e. The van der Waals surface area contributed by atoms with Crippen molar-refractivity contribution in [2.24, 2.45) is 0 Å². The first kappa shape index (κ1) is 18.2. The zero-order valence-corrected chi connectivity index (χ0v) is 17.4. The van der Waals surface area contributed by atoms with Crippen molar-refractivity contribution in [3.8, 4) is 11.8 Å². The van der Waals surface area contributed by atoms with Crippen molar-refractivity contribution in [3.05, 3.63) is 101 Å². The highest BCUT2D eigenvalue weighted by atomic mass is 32.1. The Balaban J connectivity index is 1.78. The molecule has 4 nitrogen and oxygen atoms in total. The number of hydrogen-bond acceptors (Lipinski definition) is 2. The summed E-state index contributed by atoms with van der Waals surface area (Å²) < 4.78 is 4.50. The number of nitriles is 1. The molecule has 0 fully saturated rings. The SMILES string of the molecule is [C-]#[N+]c1ccc2sc3c(-n4c5ccc(C#N)cc5c5cc([N+]#[C-])ccc54)cccc3c2c1. The van der Waals surface area contributed by atoms with E-state index in [0.29, 0.717) is 16.9 Å². The van der Waals surface area contributed by atoms with E-state index < -0.39 is 0 Å². The van der Waals surface area contributed by atoms with Gasteiger partial charge in [0.15, 0.2) is 11.4 Å². The molecular weight excluding hydrogens is 412 g/mol. The molecule has 0 aliphatic rings. The van der Waals surface area contributed by atoms with Crippen LogP contribution in [-0.2, 0) is 0 Å². The van der Waals surface area contributed by atoms with Gasteiger partial charge in [0.2, 0.25) is 0 Å². The van der Waals surface area contributed by atoms with Crippen LogP contribution in [0.3, 0.4) is 0 Å². The highest BCUT2D eigenvalue weighted by Gasteiger charge is 2.17. The van der Waals surface area contributed by atoms with Gasteiger partial charge in [-0.2, -0.15) is 5.26 Å². The molecular formula is C27H12N4S. The quantitative estimate of drug-likeness (QED) is 0.246. The Hall–Kier alpha value is -4.63. The average molecular weight is 424 g/mol. The number of aromatic nitrogens is 1. The smallest absolute Gasteiger partial charge is 0.188 e. The topological polar surface area (TPSA) is 37.4 Å². The molecule has 2 heterocycles. The standard InChI is InChI=1S/C27H12N4S/c1-29-17-7-10-24-21(13-17)20-12-16(15-28)6-9-23(20)31(24)25-5-3-4-19-22-14-18(30-2)8-11-26(22)32-27(19)25/h3-14H. The summed E-state index contributed by atoms with van der Waals surface area (Å²) in [6, 6.07) is 25.7. The Morgan fingerprint density at radius 1 is 0.750 bits per heavy atom. The number of fused-ring (bicyclic) bond motifs is 6. The van der Waals surface area contributed by atoms with E-state index >= 15 is 0 Å². The molecule has 4 aromatic carbocycles. The maximum atomic E-state index is 9.43. The van der Waals surface area contributed by atoms with Crippen LogP contribution < -0.4 is 0 Å². The normalized spacial score (nSPS) is 11.0. The van der Waals surface area contributed by atoms with Crippen LogP contribution >= 0.6 is 11.3 Å². The minimum atomic E-state index is 0.575. The summed E-state index contributed by atoms with van der Waals surface area (Å²) in [4.78, 5) is 7.19. The van der Waals surface area contributed by atoms with Gasteiger partial charge in [-0.1, -0.05) is 30.3 Å². The van der Waals surface area contributed by atoms with E-state index in [-0.39, 0.29) is 0 Å². The van der Waals surface area contributed by atoms with Gasteiger partial charge in [0.05, 0.1) is 46.2 Å². The summed E-state index contributed by atoms with van der Waals surface area (Å²) in [6.07, 6.45) is 0. The van der Waals surface area contributed by atoms with Gasteiger partial charge in [0.1, 0.15) is 0 Å². The van der Waals surface area contributed by atoms with Gasteiger partial charge in [-0.3, -0.25) is 0 Å². The van der Waals surface area contributed by atoms with Crippen LogP contribution in [0.5, 0.6) is 0 Å². The van der Waals surface area contributed by atoms with Crippen molar-refractivity contribution >= 4 is 64.7 Å². The molecule has 5 heteroatoms. The second-order valence-corrected chi connectivity index (χ2v) is 8.59. The van der Waals surface area contributed by atoms with Crippen LogP contribution in [-0.4, -0.2) is 4.57 Å². The summed E-state index contributed by atoms with van der Waals surface area (Å²) in [5, 5.41) is 13.6. The van der Waals surface area contributed by atoms with Crippen molar-refractivity contribution in [2.75, 3.05) is 0 Å². The Labute approximate surface area is 187 Å². The lowest BCUT2D eigenvalue weighted by Crippen LogP contribution is -1.93. The Bertz CT molecular complexity index is 1800. The third-order valence-corrected chi connectivity index (χ3v) is 7.05. The first-order chi connectivity index (χ1) is 15.7. The molecule has 0 atom stereocenters. The van der Waals surface area contributed by atoms with E-state index in [1.807, 2.05) is 60.7 Å². The zero-order valence-electron chi connectivity index (χ0n) is 16.6. The number of nitrogens with zero attached hydrogens (tertiary/aromatic N) is 4. The number of hydrogen-bond donors (Lipinski definition) is 0. The van der Waals surface area contributed by atoms with Gasteiger partial charge in [-0.05, 0) is 53.2 Å². The van der Waals surface area contributed by atoms with Gasteiger partial charge >= 0.3 is 0 Å². The van der Waals surface area contributed by atoms with E-state index in [1.54, 1.807) is 11.3 Å². The molecule has 32 heavy (non-hydrogen) atoms. The molecule has 6 rings (SSSR count). The molecule has 0 aliphatic heterocycles. The Morgan fingerprint density at radius 2 is 1.44 bits per heavy atom. The van der Waals surface area contributed by atoms with Crippen LogP contribution in [0.1, 0.15) is 5.56 Å². The zero-order chi connectivity index (χ0) is 21.8. The molecule has 0 saturated carbocycles. The summed E-state index contributed by atoms with van der Waals surface area (Å²) in [7, 11) is 0. The molecule has 0 unspecified atom stereocenters.